The second kappa shape index (κ2) is 5.62. The van der Waals surface area contributed by atoms with Crippen LogP contribution in [0.4, 0.5) is 8.78 Å². The van der Waals surface area contributed by atoms with E-state index in [9.17, 15) is 13.6 Å². The lowest BCUT2D eigenvalue weighted by molar-refractivity contribution is -0.0498. The van der Waals surface area contributed by atoms with Crippen LogP contribution in [0.1, 0.15) is 23.2 Å². The maximum atomic E-state index is 12.0. The summed E-state index contributed by atoms with van der Waals surface area (Å²) in [6.07, 6.45) is 3.46. The van der Waals surface area contributed by atoms with Gasteiger partial charge in [-0.3, -0.25) is 4.79 Å². The van der Waals surface area contributed by atoms with E-state index in [1.54, 1.807) is 6.08 Å². The van der Waals surface area contributed by atoms with E-state index in [1.807, 2.05) is 0 Å². The number of rotatable bonds is 4. The van der Waals surface area contributed by atoms with Crippen molar-refractivity contribution in [3.05, 3.63) is 41.7 Å². The molecule has 1 heterocycles. The van der Waals surface area contributed by atoms with Gasteiger partial charge in [-0.2, -0.15) is 8.78 Å². The fraction of sp³-hybridized carbons (Fsp3) is 0.308. The van der Waals surface area contributed by atoms with Crippen molar-refractivity contribution in [1.29, 1.82) is 0 Å². The van der Waals surface area contributed by atoms with Gasteiger partial charge in [0.25, 0.3) is 0 Å². The highest BCUT2D eigenvalue weighted by atomic mass is 19.3. The number of benzene rings is 1. The SMILES string of the molecule is O=C(C1=CCCCO1)c1ccc(OC(F)F)cc1. The van der Waals surface area contributed by atoms with E-state index >= 15 is 0 Å². The predicted molar refractivity (Wildman–Crippen MR) is 60.7 cm³/mol. The summed E-state index contributed by atoms with van der Waals surface area (Å²) in [4.78, 5) is 12.0. The highest BCUT2D eigenvalue weighted by Gasteiger charge is 2.16. The van der Waals surface area contributed by atoms with Crippen LogP contribution in [-0.4, -0.2) is 19.0 Å². The Balaban J connectivity index is 2.09. The lowest BCUT2D eigenvalue weighted by Gasteiger charge is -2.13. The smallest absolute Gasteiger partial charge is 0.387 e. The number of alkyl halides is 2. The van der Waals surface area contributed by atoms with Crippen molar-refractivity contribution in [2.24, 2.45) is 0 Å². The quantitative estimate of drug-likeness (QED) is 0.774. The monoisotopic (exact) mass is 254 g/mol. The second-order valence-electron chi connectivity index (χ2n) is 3.79. The minimum Gasteiger partial charge on any atom is -0.490 e. The van der Waals surface area contributed by atoms with Gasteiger partial charge in [0.2, 0.25) is 5.78 Å². The van der Waals surface area contributed by atoms with Gasteiger partial charge < -0.3 is 9.47 Å². The van der Waals surface area contributed by atoms with Crippen molar-refractivity contribution in [3.8, 4) is 5.75 Å². The Labute approximate surface area is 103 Å². The van der Waals surface area contributed by atoms with Crippen LogP contribution in [0, 0.1) is 0 Å². The Bertz CT molecular complexity index is 452. The van der Waals surface area contributed by atoms with Crippen LogP contribution >= 0.6 is 0 Å². The second-order valence-corrected chi connectivity index (χ2v) is 3.79. The molecule has 1 aliphatic rings. The largest absolute Gasteiger partial charge is 0.490 e. The molecule has 0 spiro atoms. The molecular weight excluding hydrogens is 242 g/mol. The first-order valence-corrected chi connectivity index (χ1v) is 5.59. The molecule has 1 aromatic rings. The molecule has 0 aromatic heterocycles. The van der Waals surface area contributed by atoms with Gasteiger partial charge in [-0.15, -0.1) is 0 Å². The van der Waals surface area contributed by atoms with E-state index < -0.39 is 6.61 Å². The Morgan fingerprint density at radius 1 is 1.28 bits per heavy atom. The van der Waals surface area contributed by atoms with Crippen LogP contribution in [-0.2, 0) is 4.74 Å². The summed E-state index contributed by atoms with van der Waals surface area (Å²) in [5, 5.41) is 0. The summed E-state index contributed by atoms with van der Waals surface area (Å²) in [5.41, 5.74) is 0.393. The van der Waals surface area contributed by atoms with E-state index in [0.717, 1.165) is 12.8 Å². The molecule has 0 bridgehead atoms. The van der Waals surface area contributed by atoms with E-state index in [2.05, 4.69) is 4.74 Å². The third-order valence-corrected chi connectivity index (χ3v) is 2.50. The van der Waals surface area contributed by atoms with E-state index in [-0.39, 0.29) is 11.5 Å². The van der Waals surface area contributed by atoms with Crippen molar-refractivity contribution in [2.45, 2.75) is 19.5 Å². The number of hydrogen-bond donors (Lipinski definition) is 0. The van der Waals surface area contributed by atoms with Crippen molar-refractivity contribution >= 4 is 5.78 Å². The number of halogens is 2. The predicted octanol–water partition coefficient (Wildman–Crippen LogP) is 3.17. The topological polar surface area (TPSA) is 35.5 Å². The number of Topliss-reactive ketones (excluding diaryl/α,β-unsaturated/α-hetero) is 1. The summed E-state index contributed by atoms with van der Waals surface area (Å²) in [6.45, 7) is -2.33. The maximum Gasteiger partial charge on any atom is 0.387 e. The Morgan fingerprint density at radius 2 is 2.00 bits per heavy atom. The van der Waals surface area contributed by atoms with Gasteiger partial charge in [0.05, 0.1) is 6.61 Å². The molecule has 0 saturated carbocycles. The maximum absolute atomic E-state index is 12.0. The average Bonchev–Trinajstić information content (AvgIpc) is 2.39. The molecule has 0 radical (unpaired) electrons. The molecule has 0 atom stereocenters. The standard InChI is InChI=1S/C13H12F2O3/c14-13(15)18-10-6-4-9(5-7-10)12(16)11-3-1-2-8-17-11/h3-7,13H,1-2,8H2. The highest BCUT2D eigenvalue weighted by Crippen LogP contribution is 2.19. The lowest BCUT2D eigenvalue weighted by Crippen LogP contribution is -2.11. The van der Waals surface area contributed by atoms with Gasteiger partial charge >= 0.3 is 6.61 Å². The van der Waals surface area contributed by atoms with Crippen molar-refractivity contribution in [2.75, 3.05) is 6.61 Å². The van der Waals surface area contributed by atoms with Gasteiger partial charge in [0.1, 0.15) is 5.75 Å². The Hall–Kier alpha value is -1.91. The minimum atomic E-state index is -2.86. The summed E-state index contributed by atoms with van der Waals surface area (Å²) in [5.74, 6) is 0.113. The van der Waals surface area contributed by atoms with Crippen LogP contribution in [0.5, 0.6) is 5.75 Å². The van der Waals surface area contributed by atoms with Crippen LogP contribution < -0.4 is 4.74 Å². The third kappa shape index (κ3) is 3.06. The van der Waals surface area contributed by atoms with Crippen molar-refractivity contribution in [3.63, 3.8) is 0 Å². The molecule has 0 amide bonds. The van der Waals surface area contributed by atoms with Crippen molar-refractivity contribution in [1.82, 2.24) is 0 Å². The first-order chi connectivity index (χ1) is 8.66. The Kier molecular flexibility index (Phi) is 3.92. The molecule has 0 unspecified atom stereocenters. The third-order valence-electron chi connectivity index (χ3n) is 2.50. The van der Waals surface area contributed by atoms with Gasteiger partial charge in [-0.25, -0.2) is 0 Å². The summed E-state index contributed by atoms with van der Waals surface area (Å²) >= 11 is 0. The van der Waals surface area contributed by atoms with E-state index in [4.69, 9.17) is 4.74 Å². The van der Waals surface area contributed by atoms with E-state index in [0.29, 0.717) is 17.9 Å². The number of carbonyl (C=O) groups is 1. The summed E-state index contributed by atoms with van der Waals surface area (Å²) < 4.78 is 33.4. The first kappa shape index (κ1) is 12.5. The van der Waals surface area contributed by atoms with Gasteiger partial charge in [-0.1, -0.05) is 0 Å². The fourth-order valence-electron chi connectivity index (χ4n) is 1.65. The molecule has 2 rings (SSSR count). The van der Waals surface area contributed by atoms with Crippen LogP contribution in [0.15, 0.2) is 36.1 Å². The molecule has 0 N–H and O–H groups in total. The van der Waals surface area contributed by atoms with Crippen LogP contribution in [0.2, 0.25) is 0 Å². The minimum absolute atomic E-state index is 0.0279. The molecule has 1 aliphatic heterocycles. The molecule has 0 fully saturated rings. The molecule has 0 saturated heterocycles. The van der Waals surface area contributed by atoms with Gasteiger partial charge in [-0.05, 0) is 43.2 Å². The summed E-state index contributed by atoms with van der Waals surface area (Å²) in [7, 11) is 0. The lowest BCUT2D eigenvalue weighted by atomic mass is 10.1. The molecule has 5 heteroatoms. The molecule has 0 aliphatic carbocycles. The normalized spacial score (nSPS) is 14.9. The van der Waals surface area contributed by atoms with Crippen LogP contribution in [0.25, 0.3) is 0 Å². The highest BCUT2D eigenvalue weighted by molar-refractivity contribution is 6.07. The number of hydrogen-bond acceptors (Lipinski definition) is 3. The number of ketones is 1. The number of ether oxygens (including phenoxy) is 2. The zero-order valence-corrected chi connectivity index (χ0v) is 9.57. The van der Waals surface area contributed by atoms with Crippen molar-refractivity contribution < 1.29 is 23.0 Å². The van der Waals surface area contributed by atoms with E-state index in [1.165, 1.54) is 24.3 Å². The van der Waals surface area contributed by atoms with Gasteiger partial charge in [0.15, 0.2) is 5.76 Å². The van der Waals surface area contributed by atoms with Gasteiger partial charge in [0, 0.05) is 5.56 Å². The molecule has 1 aromatic carbocycles. The Morgan fingerprint density at radius 3 is 2.56 bits per heavy atom. The van der Waals surface area contributed by atoms with Crippen LogP contribution in [0.3, 0.4) is 0 Å². The zero-order valence-electron chi connectivity index (χ0n) is 9.57. The molecular formula is C13H12F2O3. The summed E-state index contributed by atoms with van der Waals surface area (Å²) in [6, 6.07) is 5.56. The first-order valence-electron chi connectivity index (χ1n) is 5.59. The molecule has 18 heavy (non-hydrogen) atoms. The molecule has 96 valence electrons. The number of allylic oxidation sites excluding steroid dienone is 2. The molecule has 3 nitrogen and oxygen atoms in total. The zero-order chi connectivity index (χ0) is 13.0. The fourth-order valence-corrected chi connectivity index (χ4v) is 1.65. The number of carbonyl (C=O) groups excluding carboxylic acids is 1. The average molecular weight is 254 g/mol.